The molecule has 0 aliphatic heterocycles. The van der Waals surface area contributed by atoms with Gasteiger partial charge in [-0.1, -0.05) is 30.3 Å². The van der Waals surface area contributed by atoms with Gasteiger partial charge in [-0.05, 0) is 37.2 Å². The van der Waals surface area contributed by atoms with Crippen molar-refractivity contribution >= 4 is 0 Å². The van der Waals surface area contributed by atoms with Gasteiger partial charge in [-0.3, -0.25) is 0 Å². The number of aliphatic hydroxyl groups excluding tert-OH is 1. The van der Waals surface area contributed by atoms with E-state index in [2.05, 4.69) is 35.6 Å². The molecule has 2 saturated carbocycles. The monoisotopic (exact) mass is 231 g/mol. The standard InChI is InChI=1S/C15H21NO/c17-11-15(8-9-15)10-16-14(13-6-7-13)12-4-2-1-3-5-12/h1-5,13-14,16-17H,6-11H2. The molecule has 2 fully saturated rings. The van der Waals surface area contributed by atoms with E-state index in [4.69, 9.17) is 0 Å². The van der Waals surface area contributed by atoms with Crippen molar-refractivity contribution in [1.82, 2.24) is 5.32 Å². The Bertz CT molecular complexity index is 368. The van der Waals surface area contributed by atoms with Crippen LogP contribution in [0.3, 0.4) is 0 Å². The van der Waals surface area contributed by atoms with E-state index in [1.54, 1.807) is 0 Å². The van der Waals surface area contributed by atoms with Crippen LogP contribution in [0.4, 0.5) is 0 Å². The van der Waals surface area contributed by atoms with Crippen molar-refractivity contribution in [2.45, 2.75) is 31.7 Å². The molecule has 1 aromatic carbocycles. The Hall–Kier alpha value is -0.860. The Balaban J connectivity index is 1.65. The van der Waals surface area contributed by atoms with Gasteiger partial charge in [0, 0.05) is 24.6 Å². The van der Waals surface area contributed by atoms with E-state index < -0.39 is 0 Å². The summed E-state index contributed by atoms with van der Waals surface area (Å²) in [4.78, 5) is 0. The van der Waals surface area contributed by atoms with E-state index >= 15 is 0 Å². The predicted octanol–water partition coefficient (Wildman–Crippen LogP) is 2.50. The second-order valence-corrected chi connectivity index (χ2v) is 5.76. The highest BCUT2D eigenvalue weighted by Crippen LogP contribution is 2.46. The lowest BCUT2D eigenvalue weighted by Crippen LogP contribution is -2.31. The Labute approximate surface area is 103 Å². The largest absolute Gasteiger partial charge is 0.396 e. The van der Waals surface area contributed by atoms with E-state index in [-0.39, 0.29) is 5.41 Å². The molecule has 1 unspecified atom stereocenters. The summed E-state index contributed by atoms with van der Waals surface area (Å²) in [7, 11) is 0. The zero-order valence-corrected chi connectivity index (χ0v) is 10.2. The molecule has 1 aromatic rings. The maximum absolute atomic E-state index is 9.35. The van der Waals surface area contributed by atoms with Gasteiger partial charge < -0.3 is 10.4 Å². The average molecular weight is 231 g/mol. The Morgan fingerprint density at radius 2 is 1.94 bits per heavy atom. The fourth-order valence-corrected chi connectivity index (χ4v) is 2.54. The third kappa shape index (κ3) is 2.53. The zero-order chi connectivity index (χ0) is 11.7. The second-order valence-electron chi connectivity index (χ2n) is 5.76. The summed E-state index contributed by atoms with van der Waals surface area (Å²) in [5.41, 5.74) is 1.62. The van der Waals surface area contributed by atoms with Crippen molar-refractivity contribution < 1.29 is 5.11 Å². The normalized spacial score (nSPS) is 23.4. The van der Waals surface area contributed by atoms with Crippen LogP contribution in [0.5, 0.6) is 0 Å². The maximum atomic E-state index is 9.35. The van der Waals surface area contributed by atoms with Gasteiger partial charge in [0.1, 0.15) is 0 Å². The van der Waals surface area contributed by atoms with Crippen LogP contribution in [0.2, 0.25) is 0 Å². The second kappa shape index (κ2) is 4.43. The van der Waals surface area contributed by atoms with Gasteiger partial charge in [-0.2, -0.15) is 0 Å². The summed E-state index contributed by atoms with van der Waals surface area (Å²) in [5.74, 6) is 0.812. The van der Waals surface area contributed by atoms with Crippen molar-refractivity contribution in [3.05, 3.63) is 35.9 Å². The van der Waals surface area contributed by atoms with E-state index in [0.717, 1.165) is 12.5 Å². The molecular formula is C15H21NO. The number of rotatable bonds is 6. The lowest BCUT2D eigenvalue weighted by molar-refractivity contribution is 0.202. The minimum Gasteiger partial charge on any atom is -0.396 e. The Kier molecular flexibility index (Phi) is 2.93. The molecule has 3 rings (SSSR count). The van der Waals surface area contributed by atoms with Crippen LogP contribution in [0.15, 0.2) is 30.3 Å². The SMILES string of the molecule is OCC1(CNC(c2ccccc2)C2CC2)CC1. The van der Waals surface area contributed by atoms with Crippen molar-refractivity contribution in [3.8, 4) is 0 Å². The Morgan fingerprint density at radius 3 is 2.47 bits per heavy atom. The molecule has 1 atom stereocenters. The van der Waals surface area contributed by atoms with Crippen LogP contribution in [-0.2, 0) is 0 Å². The van der Waals surface area contributed by atoms with Crippen LogP contribution in [0.1, 0.15) is 37.3 Å². The first kappa shape index (κ1) is 11.2. The molecule has 0 aromatic heterocycles. The first-order valence-corrected chi connectivity index (χ1v) is 6.72. The fraction of sp³-hybridized carbons (Fsp3) is 0.600. The summed E-state index contributed by atoms with van der Waals surface area (Å²) >= 11 is 0. The molecule has 0 radical (unpaired) electrons. The fourth-order valence-electron chi connectivity index (χ4n) is 2.54. The highest BCUT2D eigenvalue weighted by atomic mass is 16.3. The lowest BCUT2D eigenvalue weighted by Gasteiger charge is -2.22. The summed E-state index contributed by atoms with van der Waals surface area (Å²) in [6.07, 6.45) is 5.06. The van der Waals surface area contributed by atoms with E-state index in [9.17, 15) is 5.11 Å². The van der Waals surface area contributed by atoms with Crippen molar-refractivity contribution in [3.63, 3.8) is 0 Å². The van der Waals surface area contributed by atoms with Gasteiger partial charge in [-0.25, -0.2) is 0 Å². The zero-order valence-electron chi connectivity index (χ0n) is 10.2. The molecule has 92 valence electrons. The molecule has 0 heterocycles. The highest BCUT2D eigenvalue weighted by Gasteiger charge is 2.43. The third-order valence-corrected chi connectivity index (χ3v) is 4.24. The molecule has 0 bridgehead atoms. The lowest BCUT2D eigenvalue weighted by atomic mass is 10.0. The molecule has 17 heavy (non-hydrogen) atoms. The van der Waals surface area contributed by atoms with E-state index in [0.29, 0.717) is 12.6 Å². The molecule has 0 amide bonds. The maximum Gasteiger partial charge on any atom is 0.0499 e. The number of hydrogen-bond donors (Lipinski definition) is 2. The van der Waals surface area contributed by atoms with Crippen LogP contribution >= 0.6 is 0 Å². The molecule has 2 heteroatoms. The van der Waals surface area contributed by atoms with Crippen molar-refractivity contribution in [2.75, 3.05) is 13.2 Å². The molecule has 0 spiro atoms. The topological polar surface area (TPSA) is 32.3 Å². The minimum absolute atomic E-state index is 0.210. The van der Waals surface area contributed by atoms with Gasteiger partial charge in [-0.15, -0.1) is 0 Å². The van der Waals surface area contributed by atoms with Crippen molar-refractivity contribution in [1.29, 1.82) is 0 Å². The molecule has 2 N–H and O–H groups in total. The van der Waals surface area contributed by atoms with E-state index in [1.165, 1.54) is 31.2 Å². The predicted molar refractivity (Wildman–Crippen MR) is 68.7 cm³/mol. The molecule has 2 aliphatic rings. The van der Waals surface area contributed by atoms with Gasteiger partial charge in [0.05, 0.1) is 0 Å². The van der Waals surface area contributed by atoms with Gasteiger partial charge >= 0.3 is 0 Å². The summed E-state index contributed by atoms with van der Waals surface area (Å²) in [6, 6.07) is 11.2. The summed E-state index contributed by atoms with van der Waals surface area (Å²) < 4.78 is 0. The van der Waals surface area contributed by atoms with Crippen LogP contribution in [0.25, 0.3) is 0 Å². The molecular weight excluding hydrogens is 210 g/mol. The van der Waals surface area contributed by atoms with Gasteiger partial charge in [0.25, 0.3) is 0 Å². The molecule has 2 nitrogen and oxygen atoms in total. The smallest absolute Gasteiger partial charge is 0.0499 e. The minimum atomic E-state index is 0.210. The number of nitrogens with one attached hydrogen (secondary N) is 1. The Morgan fingerprint density at radius 1 is 1.24 bits per heavy atom. The van der Waals surface area contributed by atoms with Gasteiger partial charge in [0.15, 0.2) is 0 Å². The number of benzene rings is 1. The van der Waals surface area contributed by atoms with Crippen LogP contribution in [-0.4, -0.2) is 18.3 Å². The molecule has 2 aliphatic carbocycles. The first-order valence-electron chi connectivity index (χ1n) is 6.72. The number of hydrogen-bond acceptors (Lipinski definition) is 2. The molecule has 0 saturated heterocycles. The third-order valence-electron chi connectivity index (χ3n) is 4.24. The van der Waals surface area contributed by atoms with E-state index in [1.807, 2.05) is 0 Å². The summed E-state index contributed by atoms with van der Waals surface area (Å²) in [5, 5.41) is 13.0. The van der Waals surface area contributed by atoms with Crippen LogP contribution in [0, 0.1) is 11.3 Å². The average Bonchev–Trinajstić information content (AvgIpc) is 3.26. The van der Waals surface area contributed by atoms with Crippen LogP contribution < -0.4 is 5.32 Å². The first-order chi connectivity index (χ1) is 8.33. The van der Waals surface area contributed by atoms with Gasteiger partial charge in [0.2, 0.25) is 0 Å². The quantitative estimate of drug-likeness (QED) is 0.788. The summed E-state index contributed by atoms with van der Waals surface area (Å²) in [6.45, 7) is 1.31. The van der Waals surface area contributed by atoms with Crippen molar-refractivity contribution in [2.24, 2.45) is 11.3 Å². The number of aliphatic hydroxyl groups is 1. The highest BCUT2D eigenvalue weighted by molar-refractivity contribution is 5.21.